The summed E-state index contributed by atoms with van der Waals surface area (Å²) in [4.78, 5) is 25.0. The van der Waals surface area contributed by atoms with Crippen LogP contribution in [0.5, 0.6) is 5.75 Å². The van der Waals surface area contributed by atoms with Crippen LogP contribution in [0.4, 0.5) is 0 Å². The number of carbonyl (C=O) groups excluding carboxylic acids is 2. The third kappa shape index (κ3) is 4.08. The Kier molecular flexibility index (Phi) is 5.20. The number of ketones is 2. The van der Waals surface area contributed by atoms with Crippen LogP contribution in [0.25, 0.3) is 0 Å². The fourth-order valence-electron chi connectivity index (χ4n) is 4.00. The Balaban J connectivity index is 1.58. The van der Waals surface area contributed by atoms with Gasteiger partial charge in [-0.2, -0.15) is 0 Å². The second kappa shape index (κ2) is 7.80. The molecule has 3 aromatic rings. The molecule has 0 fully saturated rings. The first-order valence-corrected chi connectivity index (χ1v) is 9.92. The lowest BCUT2D eigenvalue weighted by molar-refractivity contribution is -0.688. The molecule has 1 aromatic heterocycles. The van der Waals surface area contributed by atoms with Crippen LogP contribution in [0.2, 0.25) is 5.02 Å². The molecule has 0 radical (unpaired) electrons. The molecule has 0 aliphatic heterocycles. The third-order valence-electron chi connectivity index (χ3n) is 5.40. The van der Waals surface area contributed by atoms with E-state index in [4.69, 9.17) is 11.6 Å². The van der Waals surface area contributed by atoms with Crippen molar-refractivity contribution in [3.8, 4) is 5.75 Å². The van der Waals surface area contributed by atoms with Gasteiger partial charge in [0.2, 0.25) is 0 Å². The van der Waals surface area contributed by atoms with E-state index < -0.39 is 0 Å². The van der Waals surface area contributed by atoms with Gasteiger partial charge in [0.15, 0.2) is 30.5 Å². The van der Waals surface area contributed by atoms with Gasteiger partial charge < -0.3 is 5.11 Å². The van der Waals surface area contributed by atoms with Gasteiger partial charge in [0.25, 0.3) is 0 Å². The lowest BCUT2D eigenvalue weighted by Gasteiger charge is -2.11. The number of phenolic OH excluding ortho intramolecular Hbond substituents is 1. The van der Waals surface area contributed by atoms with Gasteiger partial charge >= 0.3 is 0 Å². The predicted octanol–water partition coefficient (Wildman–Crippen LogP) is 4.18. The van der Waals surface area contributed by atoms with E-state index in [2.05, 4.69) is 0 Å². The summed E-state index contributed by atoms with van der Waals surface area (Å²) in [6.45, 7) is 2.15. The Bertz CT molecular complexity index is 1120. The second-order valence-corrected chi connectivity index (χ2v) is 7.99. The van der Waals surface area contributed by atoms with Crippen LogP contribution in [-0.4, -0.2) is 16.7 Å². The predicted molar refractivity (Wildman–Crippen MR) is 111 cm³/mol. The lowest BCUT2D eigenvalue weighted by atomic mass is 9.92. The number of rotatable bonds is 5. The van der Waals surface area contributed by atoms with Gasteiger partial charge in [-0.25, -0.2) is 4.57 Å². The molecule has 0 amide bonds. The fourth-order valence-corrected chi connectivity index (χ4v) is 4.22. The van der Waals surface area contributed by atoms with Gasteiger partial charge in [-0.1, -0.05) is 23.7 Å². The van der Waals surface area contributed by atoms with Gasteiger partial charge in [-0.15, -0.1) is 0 Å². The summed E-state index contributed by atoms with van der Waals surface area (Å²) in [7, 11) is 0. The fraction of sp³-hybridized carbons (Fsp3) is 0.208. The van der Waals surface area contributed by atoms with Gasteiger partial charge in [-0.05, 0) is 61.2 Å². The maximum Gasteiger partial charge on any atom is 0.180 e. The van der Waals surface area contributed by atoms with Gasteiger partial charge in [0, 0.05) is 28.1 Å². The minimum Gasteiger partial charge on any atom is -0.508 e. The van der Waals surface area contributed by atoms with E-state index in [1.54, 1.807) is 25.1 Å². The van der Waals surface area contributed by atoms with Crippen molar-refractivity contribution in [2.24, 2.45) is 5.92 Å². The summed E-state index contributed by atoms with van der Waals surface area (Å²) in [5.74, 6) is 0.00304. The summed E-state index contributed by atoms with van der Waals surface area (Å²) in [5, 5.41) is 10.4. The largest absolute Gasteiger partial charge is 0.508 e. The van der Waals surface area contributed by atoms with E-state index in [-0.39, 0.29) is 23.2 Å². The molecule has 1 N–H and O–H groups in total. The second-order valence-electron chi connectivity index (χ2n) is 7.55. The Morgan fingerprint density at radius 1 is 1.21 bits per heavy atom. The van der Waals surface area contributed by atoms with Crippen LogP contribution < -0.4 is 4.57 Å². The van der Waals surface area contributed by atoms with Crippen LogP contribution >= 0.6 is 11.6 Å². The highest BCUT2D eigenvalue weighted by molar-refractivity contribution is 6.30. The molecule has 29 heavy (non-hydrogen) atoms. The van der Waals surface area contributed by atoms with Gasteiger partial charge in [0.1, 0.15) is 5.75 Å². The average molecular weight is 407 g/mol. The summed E-state index contributed by atoms with van der Waals surface area (Å²) < 4.78 is 1.95. The van der Waals surface area contributed by atoms with Crippen molar-refractivity contribution in [1.82, 2.24) is 0 Å². The molecular formula is C24H21ClNO3+. The molecule has 0 saturated heterocycles. The number of hydrogen-bond acceptors (Lipinski definition) is 3. The quantitative estimate of drug-likeness (QED) is 0.510. The smallest absolute Gasteiger partial charge is 0.180 e. The van der Waals surface area contributed by atoms with Crippen molar-refractivity contribution >= 4 is 23.2 Å². The first-order chi connectivity index (χ1) is 13.9. The van der Waals surface area contributed by atoms with Crippen LogP contribution in [0.1, 0.15) is 44.3 Å². The molecule has 1 atom stereocenters. The molecule has 5 heteroatoms. The number of halogens is 1. The number of nitrogens with zero attached hydrogens (tertiary/aromatic N) is 1. The topological polar surface area (TPSA) is 58.2 Å². The monoisotopic (exact) mass is 406 g/mol. The molecule has 4 rings (SSSR count). The van der Waals surface area contributed by atoms with E-state index in [1.165, 1.54) is 0 Å². The molecule has 4 nitrogen and oxygen atoms in total. The lowest BCUT2D eigenvalue weighted by Crippen LogP contribution is -2.35. The molecule has 1 heterocycles. The normalized spacial score (nSPS) is 15.4. The summed E-state index contributed by atoms with van der Waals surface area (Å²) in [6, 6.07) is 14.4. The summed E-state index contributed by atoms with van der Waals surface area (Å²) in [5.41, 5.74) is 4.09. The van der Waals surface area contributed by atoms with E-state index in [0.717, 1.165) is 16.7 Å². The zero-order valence-electron chi connectivity index (χ0n) is 16.1. The van der Waals surface area contributed by atoms with Gasteiger partial charge in [-0.3, -0.25) is 9.59 Å². The molecule has 0 bridgehead atoms. The Hall–Kier alpha value is -2.98. The highest BCUT2D eigenvalue weighted by atomic mass is 35.5. The molecule has 146 valence electrons. The highest BCUT2D eigenvalue weighted by Gasteiger charge is 2.32. The number of carbonyl (C=O) groups is 2. The number of pyridine rings is 1. The molecule has 0 saturated carbocycles. The van der Waals surface area contributed by atoms with Crippen LogP contribution in [0, 0.1) is 5.92 Å². The van der Waals surface area contributed by atoms with Crippen molar-refractivity contribution in [2.45, 2.75) is 26.3 Å². The highest BCUT2D eigenvalue weighted by Crippen LogP contribution is 2.32. The maximum atomic E-state index is 12.7. The maximum absolute atomic E-state index is 12.7. The number of fused-ring (bicyclic) bond motifs is 1. The Labute approximate surface area is 174 Å². The van der Waals surface area contributed by atoms with E-state index in [1.807, 2.05) is 47.3 Å². The number of hydrogen-bond donors (Lipinski definition) is 1. The minimum atomic E-state index is -0.214. The minimum absolute atomic E-state index is 0.0268. The summed E-state index contributed by atoms with van der Waals surface area (Å²) in [6.07, 6.45) is 4.86. The molecule has 1 unspecified atom stereocenters. The van der Waals surface area contributed by atoms with Crippen LogP contribution in [0.15, 0.2) is 60.9 Å². The number of Topliss-reactive ketones (excluding diaryl/α,β-unsaturated/α-hetero) is 2. The van der Waals surface area contributed by atoms with Gasteiger partial charge in [0.05, 0.1) is 5.56 Å². The Morgan fingerprint density at radius 3 is 2.79 bits per heavy atom. The zero-order valence-corrected chi connectivity index (χ0v) is 16.8. The molecule has 1 aliphatic carbocycles. The van der Waals surface area contributed by atoms with Crippen molar-refractivity contribution in [1.29, 1.82) is 0 Å². The van der Waals surface area contributed by atoms with Crippen molar-refractivity contribution < 1.29 is 19.3 Å². The van der Waals surface area contributed by atoms with Crippen molar-refractivity contribution in [2.75, 3.05) is 0 Å². The molecule has 1 aliphatic rings. The number of aromatic nitrogens is 1. The number of benzene rings is 2. The number of aromatic hydroxyl groups is 1. The molecular weight excluding hydrogens is 386 g/mol. The van der Waals surface area contributed by atoms with E-state index >= 15 is 0 Å². The van der Waals surface area contributed by atoms with Crippen molar-refractivity contribution in [3.05, 3.63) is 93.8 Å². The van der Waals surface area contributed by atoms with E-state index in [0.29, 0.717) is 35.5 Å². The zero-order chi connectivity index (χ0) is 20.5. The Morgan fingerprint density at radius 2 is 2.03 bits per heavy atom. The first kappa shape index (κ1) is 19.3. The SMILES string of the molecule is CC(=O)c1c[n+](Cc2cccc(Cl)c2)ccc1CC1Cc2cc(O)ccc2C1=O. The first-order valence-electron chi connectivity index (χ1n) is 9.54. The summed E-state index contributed by atoms with van der Waals surface area (Å²) >= 11 is 6.06. The number of phenols is 1. The molecule has 2 aromatic carbocycles. The van der Waals surface area contributed by atoms with Crippen molar-refractivity contribution in [3.63, 3.8) is 0 Å². The third-order valence-corrected chi connectivity index (χ3v) is 5.63. The standard InChI is InChI=1S/C24H20ClNO3/c1-15(27)23-14-26(13-16-3-2-4-20(25)9-16)8-7-17(23)10-19-11-18-12-21(28)5-6-22(18)24(19)29/h2-9,12,14,19H,10-11,13H2,1H3/p+1. The molecule has 0 spiro atoms. The van der Waals surface area contributed by atoms with Crippen LogP contribution in [0.3, 0.4) is 0 Å². The van der Waals surface area contributed by atoms with Crippen LogP contribution in [-0.2, 0) is 19.4 Å². The average Bonchev–Trinajstić information content (AvgIpc) is 2.97. The van der Waals surface area contributed by atoms with E-state index in [9.17, 15) is 14.7 Å².